The second-order valence-electron chi connectivity index (χ2n) is 5.17. The molecule has 1 aliphatic rings. The molecule has 3 N–H and O–H groups in total. The molecule has 0 spiro atoms. The van der Waals surface area contributed by atoms with Crippen LogP contribution in [0.4, 0.5) is 5.69 Å². The van der Waals surface area contributed by atoms with Crippen LogP contribution in [0.1, 0.15) is 38.2 Å². The van der Waals surface area contributed by atoms with Gasteiger partial charge in [0.1, 0.15) is 5.75 Å². The third kappa shape index (κ3) is 3.39. The number of rotatable bonds is 4. The summed E-state index contributed by atoms with van der Waals surface area (Å²) in [4.78, 5) is 0. The Morgan fingerprint density at radius 3 is 2.61 bits per heavy atom. The van der Waals surface area contributed by atoms with E-state index in [1.165, 1.54) is 24.1 Å². The van der Waals surface area contributed by atoms with E-state index in [4.69, 9.17) is 10.5 Å². The van der Waals surface area contributed by atoms with E-state index in [0.29, 0.717) is 18.7 Å². The molecule has 1 aromatic rings. The molecule has 2 rings (SSSR count). The summed E-state index contributed by atoms with van der Waals surface area (Å²) < 4.78 is 5.55. The predicted molar refractivity (Wildman–Crippen MR) is 76.2 cm³/mol. The van der Waals surface area contributed by atoms with Crippen LogP contribution >= 0.6 is 0 Å². The van der Waals surface area contributed by atoms with E-state index >= 15 is 0 Å². The van der Waals surface area contributed by atoms with Gasteiger partial charge in [-0.25, -0.2) is 0 Å². The molecule has 0 aliphatic heterocycles. The summed E-state index contributed by atoms with van der Waals surface area (Å²) >= 11 is 0. The summed E-state index contributed by atoms with van der Waals surface area (Å²) in [6.45, 7) is 4.82. The third-order valence-electron chi connectivity index (χ3n) is 3.62. The largest absolute Gasteiger partial charge is 0.494 e. The topological polar surface area (TPSA) is 47.3 Å². The Kier molecular flexibility index (Phi) is 4.48. The van der Waals surface area contributed by atoms with Crippen molar-refractivity contribution in [1.82, 2.24) is 0 Å². The van der Waals surface area contributed by atoms with Crippen molar-refractivity contribution in [3.63, 3.8) is 0 Å². The molecule has 0 unspecified atom stereocenters. The highest BCUT2D eigenvalue weighted by Gasteiger charge is 2.18. The molecule has 18 heavy (non-hydrogen) atoms. The maximum atomic E-state index is 5.92. The van der Waals surface area contributed by atoms with E-state index in [2.05, 4.69) is 30.4 Å². The minimum absolute atomic E-state index is 0.408. The quantitative estimate of drug-likeness (QED) is 0.861. The van der Waals surface area contributed by atoms with E-state index in [1.807, 2.05) is 6.92 Å². The summed E-state index contributed by atoms with van der Waals surface area (Å²) in [5, 5.41) is 3.60. The van der Waals surface area contributed by atoms with Crippen LogP contribution in [0.25, 0.3) is 0 Å². The van der Waals surface area contributed by atoms with Gasteiger partial charge >= 0.3 is 0 Å². The molecule has 3 heteroatoms. The second kappa shape index (κ2) is 6.10. The average molecular weight is 248 g/mol. The van der Waals surface area contributed by atoms with Crippen LogP contribution in [-0.2, 0) is 0 Å². The molecule has 1 aromatic carbocycles. The summed E-state index contributed by atoms with van der Waals surface area (Å²) in [6, 6.07) is 7.30. The molecule has 0 radical (unpaired) electrons. The monoisotopic (exact) mass is 248 g/mol. The van der Waals surface area contributed by atoms with Crippen molar-refractivity contribution in [2.75, 3.05) is 11.9 Å². The number of aryl methyl sites for hydroxylation is 1. The van der Waals surface area contributed by atoms with Crippen molar-refractivity contribution in [2.45, 2.75) is 51.6 Å². The Morgan fingerprint density at radius 1 is 1.28 bits per heavy atom. The van der Waals surface area contributed by atoms with Gasteiger partial charge in [-0.2, -0.15) is 0 Å². The minimum Gasteiger partial charge on any atom is -0.494 e. The van der Waals surface area contributed by atoms with E-state index in [-0.39, 0.29) is 0 Å². The first-order chi connectivity index (χ1) is 8.69. The zero-order valence-corrected chi connectivity index (χ0v) is 11.4. The molecule has 1 saturated carbocycles. The molecule has 100 valence electrons. The molecule has 0 saturated heterocycles. The first kappa shape index (κ1) is 13.2. The lowest BCUT2D eigenvalue weighted by atomic mass is 9.91. The Hall–Kier alpha value is -1.22. The van der Waals surface area contributed by atoms with Gasteiger partial charge in [0.15, 0.2) is 0 Å². The summed E-state index contributed by atoms with van der Waals surface area (Å²) in [6.07, 6.45) is 4.61. The fourth-order valence-electron chi connectivity index (χ4n) is 2.56. The maximum Gasteiger partial charge on any atom is 0.122 e. The average Bonchev–Trinajstić information content (AvgIpc) is 2.36. The smallest absolute Gasteiger partial charge is 0.122 e. The highest BCUT2D eigenvalue weighted by Crippen LogP contribution is 2.25. The first-order valence-corrected chi connectivity index (χ1v) is 6.94. The van der Waals surface area contributed by atoms with Gasteiger partial charge in [0.05, 0.1) is 6.61 Å². The fourth-order valence-corrected chi connectivity index (χ4v) is 2.56. The molecular weight excluding hydrogens is 224 g/mol. The molecule has 0 heterocycles. The van der Waals surface area contributed by atoms with Crippen LogP contribution in [0.15, 0.2) is 18.2 Å². The standard InChI is InChI=1S/C15H24N2O/c1-3-18-15-9-8-14(10-11(15)2)17-13-6-4-12(16)5-7-13/h8-10,12-13,17H,3-7,16H2,1-2H3. The molecule has 1 aliphatic carbocycles. The maximum absolute atomic E-state index is 5.92. The Labute approximate surface area is 110 Å². The van der Waals surface area contributed by atoms with Gasteiger partial charge in [0.25, 0.3) is 0 Å². The lowest BCUT2D eigenvalue weighted by molar-refractivity contribution is 0.338. The molecule has 0 amide bonds. The lowest BCUT2D eigenvalue weighted by Gasteiger charge is -2.27. The predicted octanol–water partition coefficient (Wildman–Crippen LogP) is 3.08. The fraction of sp³-hybridized carbons (Fsp3) is 0.600. The highest BCUT2D eigenvalue weighted by molar-refractivity contribution is 5.51. The van der Waals surface area contributed by atoms with Gasteiger partial charge in [-0.15, -0.1) is 0 Å². The van der Waals surface area contributed by atoms with Crippen LogP contribution in [-0.4, -0.2) is 18.7 Å². The van der Waals surface area contributed by atoms with Gasteiger partial charge in [-0.3, -0.25) is 0 Å². The zero-order chi connectivity index (χ0) is 13.0. The highest BCUT2D eigenvalue weighted by atomic mass is 16.5. The van der Waals surface area contributed by atoms with E-state index in [9.17, 15) is 0 Å². The number of nitrogens with one attached hydrogen (secondary N) is 1. The molecule has 3 nitrogen and oxygen atoms in total. The lowest BCUT2D eigenvalue weighted by Crippen LogP contribution is -2.32. The molecular formula is C15H24N2O. The van der Waals surface area contributed by atoms with Crippen LogP contribution in [0.5, 0.6) is 5.75 Å². The number of nitrogens with two attached hydrogens (primary N) is 1. The zero-order valence-electron chi connectivity index (χ0n) is 11.4. The van der Waals surface area contributed by atoms with Crippen molar-refractivity contribution in [3.05, 3.63) is 23.8 Å². The van der Waals surface area contributed by atoms with Crippen molar-refractivity contribution < 1.29 is 4.74 Å². The molecule has 0 bridgehead atoms. The van der Waals surface area contributed by atoms with Gasteiger partial charge < -0.3 is 15.8 Å². The second-order valence-corrected chi connectivity index (χ2v) is 5.17. The third-order valence-corrected chi connectivity index (χ3v) is 3.62. The van der Waals surface area contributed by atoms with Gasteiger partial charge in [0.2, 0.25) is 0 Å². The van der Waals surface area contributed by atoms with Crippen molar-refractivity contribution >= 4 is 5.69 Å². The normalized spacial score (nSPS) is 23.7. The Bertz CT molecular complexity index is 384. The minimum atomic E-state index is 0.408. The molecule has 0 atom stereocenters. The Balaban J connectivity index is 1.95. The van der Waals surface area contributed by atoms with Crippen molar-refractivity contribution in [3.8, 4) is 5.75 Å². The van der Waals surface area contributed by atoms with Crippen molar-refractivity contribution in [1.29, 1.82) is 0 Å². The van der Waals surface area contributed by atoms with E-state index < -0.39 is 0 Å². The summed E-state index contributed by atoms with van der Waals surface area (Å²) in [7, 11) is 0. The van der Waals surface area contributed by atoms with Crippen LogP contribution in [0.2, 0.25) is 0 Å². The van der Waals surface area contributed by atoms with Crippen molar-refractivity contribution in [2.24, 2.45) is 5.73 Å². The first-order valence-electron chi connectivity index (χ1n) is 6.94. The van der Waals surface area contributed by atoms with Crippen LogP contribution in [0.3, 0.4) is 0 Å². The molecule has 1 fully saturated rings. The van der Waals surface area contributed by atoms with Gasteiger partial charge in [-0.05, 0) is 63.3 Å². The number of hydrogen-bond donors (Lipinski definition) is 2. The van der Waals surface area contributed by atoms with Gasteiger partial charge in [-0.1, -0.05) is 0 Å². The number of anilines is 1. The molecule has 0 aromatic heterocycles. The summed E-state index contributed by atoms with van der Waals surface area (Å²) in [5.41, 5.74) is 8.30. The van der Waals surface area contributed by atoms with E-state index in [0.717, 1.165) is 18.6 Å². The van der Waals surface area contributed by atoms with Gasteiger partial charge in [0, 0.05) is 17.8 Å². The summed E-state index contributed by atoms with van der Waals surface area (Å²) in [5.74, 6) is 0.980. The number of hydrogen-bond acceptors (Lipinski definition) is 3. The Morgan fingerprint density at radius 2 is 2.00 bits per heavy atom. The number of benzene rings is 1. The van der Waals surface area contributed by atoms with Crippen LogP contribution in [0, 0.1) is 6.92 Å². The number of ether oxygens (including phenoxy) is 1. The van der Waals surface area contributed by atoms with E-state index in [1.54, 1.807) is 0 Å². The SMILES string of the molecule is CCOc1ccc(NC2CCC(N)CC2)cc1C. The van der Waals surface area contributed by atoms with Crippen LogP contribution < -0.4 is 15.8 Å².